The average molecular weight is 459 g/mol. The summed E-state index contributed by atoms with van der Waals surface area (Å²) in [4.78, 5) is 21.6. The first-order valence-electron chi connectivity index (χ1n) is 11.1. The van der Waals surface area contributed by atoms with Crippen molar-refractivity contribution in [1.29, 1.82) is 0 Å². The van der Waals surface area contributed by atoms with Crippen molar-refractivity contribution in [2.24, 2.45) is 5.92 Å². The number of ether oxygens (including phenoxy) is 1. The van der Waals surface area contributed by atoms with E-state index in [1.807, 2.05) is 17.0 Å². The molecular weight excluding hydrogens is 428 g/mol. The minimum atomic E-state index is -3.55. The van der Waals surface area contributed by atoms with Gasteiger partial charge in [0.15, 0.2) is 0 Å². The number of amides is 1. The first-order chi connectivity index (χ1) is 15.5. The molecule has 1 aromatic heterocycles. The lowest BCUT2D eigenvalue weighted by atomic mass is 9.96. The van der Waals surface area contributed by atoms with E-state index in [1.165, 1.54) is 10.5 Å². The summed E-state index contributed by atoms with van der Waals surface area (Å²) >= 11 is 0. The molecule has 2 saturated heterocycles. The van der Waals surface area contributed by atoms with Gasteiger partial charge in [-0.3, -0.25) is 9.78 Å². The normalized spacial score (nSPS) is 18.9. The standard InChI is InChI=1S/C23H30N4O4S/c1-31-21-7-5-20(6-8-21)25-12-3-13-26(17-16-25)23(28)19-9-14-27(15-10-19)32(29,30)22-4-2-11-24-18-22/h2,4-8,11,18-19H,3,9-10,12-17H2,1H3. The topological polar surface area (TPSA) is 83.0 Å². The van der Waals surface area contributed by atoms with Gasteiger partial charge in [0.2, 0.25) is 15.9 Å². The van der Waals surface area contributed by atoms with Gasteiger partial charge >= 0.3 is 0 Å². The molecule has 2 aromatic rings. The molecule has 0 unspecified atom stereocenters. The van der Waals surface area contributed by atoms with Crippen molar-refractivity contribution in [2.75, 3.05) is 51.3 Å². The summed E-state index contributed by atoms with van der Waals surface area (Å²) in [7, 11) is -1.90. The van der Waals surface area contributed by atoms with Gasteiger partial charge in [0.25, 0.3) is 0 Å². The molecule has 3 heterocycles. The Bertz CT molecular complexity index is 1010. The summed E-state index contributed by atoms with van der Waals surface area (Å²) in [5, 5.41) is 0. The Morgan fingerprint density at radius 1 is 1.00 bits per heavy atom. The van der Waals surface area contributed by atoms with E-state index in [4.69, 9.17) is 4.74 Å². The van der Waals surface area contributed by atoms with Crippen molar-refractivity contribution in [3.05, 3.63) is 48.8 Å². The summed E-state index contributed by atoms with van der Waals surface area (Å²) in [6, 6.07) is 11.2. The molecule has 4 rings (SSSR count). The lowest BCUT2D eigenvalue weighted by Crippen LogP contribution is -2.45. The number of aromatic nitrogens is 1. The number of carbonyl (C=O) groups is 1. The van der Waals surface area contributed by atoms with Gasteiger partial charge in [-0.05, 0) is 55.7 Å². The van der Waals surface area contributed by atoms with E-state index in [0.717, 1.165) is 37.5 Å². The largest absolute Gasteiger partial charge is 0.497 e. The SMILES string of the molecule is COc1ccc(N2CCCN(C(=O)C3CCN(S(=O)(=O)c4cccnc4)CC3)CC2)cc1. The molecular formula is C23H30N4O4S. The number of methoxy groups -OCH3 is 1. The quantitative estimate of drug-likeness (QED) is 0.683. The summed E-state index contributed by atoms with van der Waals surface area (Å²) in [5.74, 6) is 0.861. The van der Waals surface area contributed by atoms with E-state index in [-0.39, 0.29) is 16.7 Å². The molecule has 9 heteroatoms. The number of rotatable bonds is 5. The molecule has 172 valence electrons. The Balaban J connectivity index is 1.32. The highest BCUT2D eigenvalue weighted by molar-refractivity contribution is 7.89. The maximum absolute atomic E-state index is 13.2. The molecule has 0 radical (unpaired) electrons. The summed E-state index contributed by atoms with van der Waals surface area (Å²) in [5.41, 5.74) is 1.13. The summed E-state index contributed by atoms with van der Waals surface area (Å²) in [6.45, 7) is 3.82. The lowest BCUT2D eigenvalue weighted by Gasteiger charge is -2.33. The van der Waals surface area contributed by atoms with Crippen molar-refractivity contribution in [3.8, 4) is 5.75 Å². The maximum Gasteiger partial charge on any atom is 0.244 e. The molecule has 2 aliphatic rings. The molecule has 0 spiro atoms. The molecule has 0 aliphatic carbocycles. The van der Waals surface area contributed by atoms with E-state index in [2.05, 4.69) is 22.0 Å². The fraction of sp³-hybridized carbons (Fsp3) is 0.478. The number of pyridine rings is 1. The van der Waals surface area contributed by atoms with Crippen LogP contribution in [0.5, 0.6) is 5.75 Å². The van der Waals surface area contributed by atoms with Crippen LogP contribution in [0.4, 0.5) is 5.69 Å². The van der Waals surface area contributed by atoms with Crippen LogP contribution >= 0.6 is 0 Å². The van der Waals surface area contributed by atoms with Gasteiger partial charge in [0.1, 0.15) is 10.6 Å². The number of anilines is 1. The van der Waals surface area contributed by atoms with Crippen LogP contribution in [0.25, 0.3) is 0 Å². The minimum Gasteiger partial charge on any atom is -0.497 e. The third kappa shape index (κ3) is 4.88. The Kier molecular flexibility index (Phi) is 6.95. The second-order valence-corrected chi connectivity index (χ2v) is 10.2. The molecule has 0 atom stereocenters. The van der Waals surface area contributed by atoms with E-state index in [1.54, 1.807) is 25.4 Å². The average Bonchev–Trinajstić information content (AvgIpc) is 3.11. The van der Waals surface area contributed by atoms with Gasteiger partial charge in [-0.2, -0.15) is 4.31 Å². The first kappa shape index (κ1) is 22.5. The number of carbonyl (C=O) groups excluding carboxylic acids is 1. The van der Waals surface area contributed by atoms with Crippen molar-refractivity contribution in [3.63, 3.8) is 0 Å². The molecule has 1 amide bonds. The monoisotopic (exact) mass is 458 g/mol. The van der Waals surface area contributed by atoms with Crippen LogP contribution in [0.3, 0.4) is 0 Å². The smallest absolute Gasteiger partial charge is 0.244 e. The molecule has 1 aromatic carbocycles. The van der Waals surface area contributed by atoms with E-state index in [9.17, 15) is 13.2 Å². The maximum atomic E-state index is 13.2. The second kappa shape index (κ2) is 9.87. The van der Waals surface area contributed by atoms with Crippen LogP contribution in [0, 0.1) is 5.92 Å². The van der Waals surface area contributed by atoms with E-state index in [0.29, 0.717) is 32.5 Å². The molecule has 0 bridgehead atoms. The minimum absolute atomic E-state index is 0.122. The zero-order chi connectivity index (χ0) is 22.6. The van der Waals surface area contributed by atoms with Crippen LogP contribution in [0.15, 0.2) is 53.7 Å². The molecule has 2 aliphatic heterocycles. The van der Waals surface area contributed by atoms with Crippen molar-refractivity contribution in [1.82, 2.24) is 14.2 Å². The summed E-state index contributed by atoms with van der Waals surface area (Å²) < 4.78 is 32.3. The molecule has 2 fully saturated rings. The van der Waals surface area contributed by atoms with E-state index < -0.39 is 10.0 Å². The number of hydrogen-bond donors (Lipinski definition) is 0. The Morgan fingerprint density at radius 2 is 1.75 bits per heavy atom. The zero-order valence-electron chi connectivity index (χ0n) is 18.4. The number of piperidine rings is 1. The van der Waals surface area contributed by atoms with Gasteiger partial charge in [0.05, 0.1) is 7.11 Å². The summed E-state index contributed by atoms with van der Waals surface area (Å²) in [6.07, 6.45) is 4.94. The molecule has 0 saturated carbocycles. The highest BCUT2D eigenvalue weighted by Gasteiger charge is 2.34. The van der Waals surface area contributed by atoms with Crippen molar-refractivity contribution >= 4 is 21.6 Å². The number of sulfonamides is 1. The zero-order valence-corrected chi connectivity index (χ0v) is 19.2. The predicted molar refractivity (Wildman–Crippen MR) is 122 cm³/mol. The van der Waals surface area contributed by atoms with Gasteiger partial charge in [-0.1, -0.05) is 0 Å². The third-order valence-corrected chi connectivity index (χ3v) is 8.20. The fourth-order valence-electron chi connectivity index (χ4n) is 4.44. The van der Waals surface area contributed by atoms with Crippen LogP contribution < -0.4 is 9.64 Å². The highest BCUT2D eigenvalue weighted by Crippen LogP contribution is 2.26. The number of nitrogens with zero attached hydrogens (tertiary/aromatic N) is 4. The van der Waals surface area contributed by atoms with Crippen molar-refractivity contribution < 1.29 is 17.9 Å². The van der Waals surface area contributed by atoms with Gasteiger partial charge in [-0.15, -0.1) is 0 Å². The fourth-order valence-corrected chi connectivity index (χ4v) is 5.87. The predicted octanol–water partition coefficient (Wildman–Crippen LogP) is 2.23. The first-order valence-corrected chi connectivity index (χ1v) is 12.5. The van der Waals surface area contributed by atoms with E-state index >= 15 is 0 Å². The molecule has 8 nitrogen and oxygen atoms in total. The lowest BCUT2D eigenvalue weighted by molar-refractivity contribution is -0.136. The van der Waals surface area contributed by atoms with Crippen LogP contribution in [0.1, 0.15) is 19.3 Å². The van der Waals surface area contributed by atoms with Crippen LogP contribution in [-0.2, 0) is 14.8 Å². The highest BCUT2D eigenvalue weighted by atomic mass is 32.2. The Labute approximate surface area is 189 Å². The van der Waals surface area contributed by atoms with Crippen LogP contribution in [-0.4, -0.2) is 74.9 Å². The Hall–Kier alpha value is -2.65. The molecule has 0 N–H and O–H groups in total. The second-order valence-electron chi connectivity index (χ2n) is 8.23. The van der Waals surface area contributed by atoms with Gasteiger partial charge in [0, 0.05) is 63.3 Å². The third-order valence-electron chi connectivity index (χ3n) is 6.32. The van der Waals surface area contributed by atoms with Gasteiger partial charge in [-0.25, -0.2) is 8.42 Å². The van der Waals surface area contributed by atoms with Gasteiger partial charge < -0.3 is 14.5 Å². The Morgan fingerprint density at radius 3 is 2.41 bits per heavy atom. The van der Waals surface area contributed by atoms with Crippen molar-refractivity contribution in [2.45, 2.75) is 24.2 Å². The van der Waals surface area contributed by atoms with Crippen LogP contribution in [0.2, 0.25) is 0 Å². The number of hydrogen-bond acceptors (Lipinski definition) is 6. The number of benzene rings is 1. The molecule has 32 heavy (non-hydrogen) atoms.